The molecular formula is C22H29N5O3S. The van der Waals surface area contributed by atoms with Crippen LogP contribution in [-0.2, 0) is 17.9 Å². The van der Waals surface area contributed by atoms with Gasteiger partial charge in [-0.05, 0) is 37.0 Å². The van der Waals surface area contributed by atoms with Crippen molar-refractivity contribution < 1.29 is 14.3 Å². The van der Waals surface area contributed by atoms with Crippen molar-refractivity contribution in [3.05, 3.63) is 47.8 Å². The maximum absolute atomic E-state index is 12.6. The average molecular weight is 444 g/mol. The molecule has 0 aliphatic carbocycles. The van der Waals surface area contributed by atoms with E-state index in [9.17, 15) is 9.59 Å². The number of carbonyl (C=O) groups is 2. The van der Waals surface area contributed by atoms with Gasteiger partial charge >= 0.3 is 6.03 Å². The van der Waals surface area contributed by atoms with Crippen molar-refractivity contribution in [1.29, 1.82) is 0 Å². The van der Waals surface area contributed by atoms with Crippen LogP contribution in [-0.4, -0.2) is 49.9 Å². The van der Waals surface area contributed by atoms with Gasteiger partial charge in [0.15, 0.2) is 11.0 Å². The second-order valence-corrected chi connectivity index (χ2v) is 9.07. The van der Waals surface area contributed by atoms with Gasteiger partial charge < -0.3 is 10.1 Å². The van der Waals surface area contributed by atoms with Crippen LogP contribution in [0.15, 0.2) is 36.0 Å². The second-order valence-electron chi connectivity index (χ2n) is 7.76. The molecule has 8 nitrogen and oxygen atoms in total. The van der Waals surface area contributed by atoms with Gasteiger partial charge in [0.1, 0.15) is 12.4 Å². The molecule has 1 aliphatic heterocycles. The van der Waals surface area contributed by atoms with Crippen molar-refractivity contribution in [3.63, 3.8) is 0 Å². The molecule has 0 saturated carbocycles. The molecular weight excluding hydrogens is 414 g/mol. The van der Waals surface area contributed by atoms with Crippen molar-refractivity contribution in [3.8, 4) is 5.75 Å². The Kier molecular flexibility index (Phi) is 7.37. The van der Waals surface area contributed by atoms with Crippen LogP contribution >= 0.6 is 11.8 Å². The summed E-state index contributed by atoms with van der Waals surface area (Å²) in [6.07, 6.45) is 1.75. The number of benzene rings is 1. The van der Waals surface area contributed by atoms with Crippen LogP contribution in [0.1, 0.15) is 43.6 Å². The van der Waals surface area contributed by atoms with Crippen molar-refractivity contribution in [2.75, 3.05) is 13.1 Å². The first-order valence-electron chi connectivity index (χ1n) is 10.3. The summed E-state index contributed by atoms with van der Waals surface area (Å²) in [5.74, 6) is 1.58. The van der Waals surface area contributed by atoms with Gasteiger partial charge in [0.2, 0.25) is 5.91 Å². The highest BCUT2D eigenvalue weighted by Crippen LogP contribution is 2.29. The Hall–Kier alpha value is -2.81. The first kappa shape index (κ1) is 22.9. The number of urea groups is 1. The molecule has 166 valence electrons. The molecule has 0 bridgehead atoms. The third-order valence-electron chi connectivity index (χ3n) is 5.01. The first-order chi connectivity index (χ1) is 14.8. The van der Waals surface area contributed by atoms with E-state index in [0.29, 0.717) is 36.5 Å². The SMILES string of the molecule is C=CCn1c(COc2cc(C)ccc2C(C)C)nnc1S[C@@H](C)C(=O)N1CCNC1=O. The minimum absolute atomic E-state index is 0.243. The van der Waals surface area contributed by atoms with Gasteiger partial charge in [0.25, 0.3) is 0 Å². The summed E-state index contributed by atoms with van der Waals surface area (Å²) in [7, 11) is 0. The molecule has 3 rings (SSSR count). The fraction of sp³-hybridized carbons (Fsp3) is 0.455. The number of carbonyl (C=O) groups excluding carboxylic acids is 2. The molecule has 1 aromatic carbocycles. The van der Waals surface area contributed by atoms with Crippen LogP contribution in [0.5, 0.6) is 5.75 Å². The summed E-state index contributed by atoms with van der Waals surface area (Å²) in [6, 6.07) is 5.85. The lowest BCUT2D eigenvalue weighted by Gasteiger charge is -2.17. The van der Waals surface area contributed by atoms with Crippen LogP contribution < -0.4 is 10.1 Å². The smallest absolute Gasteiger partial charge is 0.324 e. The van der Waals surface area contributed by atoms with Crippen molar-refractivity contribution in [2.24, 2.45) is 0 Å². The summed E-state index contributed by atoms with van der Waals surface area (Å²) in [6.45, 7) is 13.5. The molecule has 1 aromatic heterocycles. The molecule has 1 aliphatic rings. The normalized spacial score (nSPS) is 14.6. The Morgan fingerprint density at radius 1 is 1.35 bits per heavy atom. The molecule has 0 unspecified atom stereocenters. The zero-order valence-electron chi connectivity index (χ0n) is 18.4. The number of thioether (sulfide) groups is 1. The van der Waals surface area contributed by atoms with E-state index in [1.165, 1.54) is 16.7 Å². The molecule has 1 atom stereocenters. The Morgan fingerprint density at radius 2 is 2.13 bits per heavy atom. The lowest BCUT2D eigenvalue weighted by Crippen LogP contribution is -2.39. The minimum Gasteiger partial charge on any atom is -0.485 e. The number of allylic oxidation sites excluding steroid dienone is 1. The van der Waals surface area contributed by atoms with E-state index in [-0.39, 0.29) is 18.5 Å². The molecule has 3 amide bonds. The highest BCUT2D eigenvalue weighted by atomic mass is 32.2. The average Bonchev–Trinajstić information content (AvgIpc) is 3.32. The number of hydrogen-bond donors (Lipinski definition) is 1. The third-order valence-corrected chi connectivity index (χ3v) is 6.07. The van der Waals surface area contributed by atoms with Gasteiger partial charge in [-0.15, -0.1) is 16.8 Å². The summed E-state index contributed by atoms with van der Waals surface area (Å²) in [5, 5.41) is 11.3. The maximum Gasteiger partial charge on any atom is 0.324 e. The zero-order chi connectivity index (χ0) is 22.5. The molecule has 0 spiro atoms. The molecule has 1 fully saturated rings. The zero-order valence-corrected chi connectivity index (χ0v) is 19.2. The minimum atomic E-state index is -0.477. The quantitative estimate of drug-likeness (QED) is 0.471. The predicted octanol–water partition coefficient (Wildman–Crippen LogP) is 3.51. The second kappa shape index (κ2) is 10.00. The number of nitrogens with zero attached hydrogens (tertiary/aromatic N) is 4. The third kappa shape index (κ3) is 5.28. The predicted molar refractivity (Wildman–Crippen MR) is 120 cm³/mol. The molecule has 9 heteroatoms. The first-order valence-corrected chi connectivity index (χ1v) is 11.2. The Balaban J connectivity index is 1.75. The van der Waals surface area contributed by atoms with E-state index in [0.717, 1.165) is 16.9 Å². The highest BCUT2D eigenvalue weighted by molar-refractivity contribution is 8.00. The summed E-state index contributed by atoms with van der Waals surface area (Å²) in [4.78, 5) is 25.6. The number of ether oxygens (including phenoxy) is 1. The van der Waals surface area contributed by atoms with E-state index in [4.69, 9.17) is 4.74 Å². The summed E-state index contributed by atoms with van der Waals surface area (Å²) < 4.78 is 8.00. The summed E-state index contributed by atoms with van der Waals surface area (Å²) >= 11 is 1.27. The van der Waals surface area contributed by atoms with Crippen LogP contribution in [0.25, 0.3) is 0 Å². The molecule has 0 radical (unpaired) electrons. The number of rotatable bonds is 9. The Labute approximate surface area is 187 Å². The van der Waals surface area contributed by atoms with Crippen LogP contribution in [0.2, 0.25) is 0 Å². The van der Waals surface area contributed by atoms with Crippen molar-refractivity contribution in [2.45, 2.75) is 57.2 Å². The van der Waals surface area contributed by atoms with E-state index in [2.05, 4.69) is 48.1 Å². The monoisotopic (exact) mass is 443 g/mol. The molecule has 2 heterocycles. The summed E-state index contributed by atoms with van der Waals surface area (Å²) in [5.41, 5.74) is 2.26. The van der Waals surface area contributed by atoms with Crippen molar-refractivity contribution in [1.82, 2.24) is 25.0 Å². The topological polar surface area (TPSA) is 89.3 Å². The van der Waals surface area contributed by atoms with E-state index >= 15 is 0 Å². The van der Waals surface area contributed by atoms with Gasteiger partial charge in [-0.1, -0.05) is 43.8 Å². The van der Waals surface area contributed by atoms with Crippen LogP contribution in [0.3, 0.4) is 0 Å². The maximum atomic E-state index is 12.6. The molecule has 31 heavy (non-hydrogen) atoms. The number of amides is 3. The highest BCUT2D eigenvalue weighted by Gasteiger charge is 2.31. The van der Waals surface area contributed by atoms with Crippen LogP contribution in [0, 0.1) is 6.92 Å². The van der Waals surface area contributed by atoms with Gasteiger partial charge in [0.05, 0.1) is 5.25 Å². The standard InChI is InChI=1S/C22H29N5O3S/c1-6-10-26-19(13-30-18-12-15(4)7-8-17(18)14(2)3)24-25-22(26)31-16(5)20(28)27-11-9-23-21(27)29/h6-8,12,14,16H,1,9-11,13H2,2-5H3,(H,23,29)/t16-/m0/s1. The van der Waals surface area contributed by atoms with Crippen LogP contribution in [0.4, 0.5) is 4.79 Å². The molecule has 1 N–H and O–H groups in total. The number of aromatic nitrogens is 3. The molecule has 2 aromatic rings. The number of aryl methyl sites for hydroxylation is 1. The van der Waals surface area contributed by atoms with E-state index in [1.54, 1.807) is 13.0 Å². The van der Waals surface area contributed by atoms with E-state index < -0.39 is 5.25 Å². The van der Waals surface area contributed by atoms with Crippen molar-refractivity contribution >= 4 is 23.7 Å². The Morgan fingerprint density at radius 3 is 2.77 bits per heavy atom. The number of nitrogens with one attached hydrogen (secondary N) is 1. The van der Waals surface area contributed by atoms with Gasteiger partial charge in [0, 0.05) is 19.6 Å². The van der Waals surface area contributed by atoms with Gasteiger partial charge in [-0.25, -0.2) is 4.79 Å². The fourth-order valence-electron chi connectivity index (χ4n) is 3.32. The van der Waals surface area contributed by atoms with Gasteiger partial charge in [-0.3, -0.25) is 14.3 Å². The van der Waals surface area contributed by atoms with E-state index in [1.807, 2.05) is 17.6 Å². The lowest BCUT2D eigenvalue weighted by molar-refractivity contribution is -0.126. The Bertz CT molecular complexity index is 972. The number of hydrogen-bond acceptors (Lipinski definition) is 6. The fourth-order valence-corrected chi connectivity index (χ4v) is 4.26. The largest absolute Gasteiger partial charge is 0.485 e. The number of imide groups is 1. The molecule has 1 saturated heterocycles. The lowest BCUT2D eigenvalue weighted by atomic mass is 10.0. The van der Waals surface area contributed by atoms with Gasteiger partial charge in [-0.2, -0.15) is 0 Å².